The third-order valence-electron chi connectivity index (χ3n) is 0.956. The Morgan fingerprint density at radius 2 is 1.64 bits per heavy atom. The summed E-state index contributed by atoms with van der Waals surface area (Å²) in [5.74, 6) is -1.55. The third-order valence-corrected chi connectivity index (χ3v) is 1.84. The smallest absolute Gasteiger partial charge is 0.748 e. The first kappa shape index (κ1) is 14.4. The summed E-state index contributed by atoms with van der Waals surface area (Å²) in [6.45, 7) is -0.976. The number of aliphatic hydroxyl groups excluding tert-OH is 2. The van der Waals surface area contributed by atoms with Crippen molar-refractivity contribution in [3.8, 4) is 0 Å². The molecule has 5 nitrogen and oxygen atoms in total. The Morgan fingerprint density at radius 1 is 1.27 bits per heavy atom. The van der Waals surface area contributed by atoms with Crippen molar-refractivity contribution in [2.75, 3.05) is 19.0 Å². The van der Waals surface area contributed by atoms with Crippen LogP contribution in [0.25, 0.3) is 0 Å². The second kappa shape index (κ2) is 6.36. The van der Waals surface area contributed by atoms with Crippen LogP contribution in [0.15, 0.2) is 0 Å². The molecule has 0 saturated heterocycles. The average Bonchev–Trinajstić information content (AvgIpc) is 1.81. The molecular weight excluding hydrogens is 183 g/mol. The quantitative estimate of drug-likeness (QED) is 0.344. The summed E-state index contributed by atoms with van der Waals surface area (Å²) < 4.78 is 29.9. The van der Waals surface area contributed by atoms with E-state index in [0.717, 1.165) is 0 Å². The molecule has 0 spiro atoms. The van der Waals surface area contributed by atoms with Crippen LogP contribution < -0.4 is 29.6 Å². The number of aliphatic hydroxyl groups is 2. The van der Waals surface area contributed by atoms with E-state index < -0.39 is 35.0 Å². The Kier molecular flexibility index (Phi) is 8.30. The fourth-order valence-corrected chi connectivity index (χ4v) is 1.24. The summed E-state index contributed by atoms with van der Waals surface area (Å²) in [4.78, 5) is 0. The molecule has 0 aromatic rings. The first-order valence-corrected chi connectivity index (χ1v) is 4.22. The zero-order valence-corrected chi connectivity index (χ0v) is 9.04. The molecule has 0 unspecified atom stereocenters. The molecule has 0 amide bonds. The van der Waals surface area contributed by atoms with Gasteiger partial charge in [0.05, 0.1) is 10.1 Å². The van der Waals surface area contributed by atoms with Gasteiger partial charge in [-0.25, -0.2) is 8.42 Å². The van der Waals surface area contributed by atoms with E-state index in [1.54, 1.807) is 0 Å². The second-order valence-corrected chi connectivity index (χ2v) is 3.40. The molecule has 0 aliphatic carbocycles. The Bertz CT molecular complexity index is 173. The molecule has 0 heterocycles. The van der Waals surface area contributed by atoms with Crippen molar-refractivity contribution in [1.82, 2.24) is 0 Å². The van der Waals surface area contributed by atoms with Gasteiger partial charge in [0, 0.05) is 24.9 Å². The van der Waals surface area contributed by atoms with Crippen LogP contribution in [0.4, 0.5) is 0 Å². The van der Waals surface area contributed by atoms with Crippen molar-refractivity contribution < 1.29 is 52.7 Å². The van der Waals surface area contributed by atoms with Crippen molar-refractivity contribution in [3.05, 3.63) is 0 Å². The van der Waals surface area contributed by atoms with Crippen molar-refractivity contribution >= 4 is 10.1 Å². The van der Waals surface area contributed by atoms with Crippen LogP contribution in [0.1, 0.15) is 0 Å². The van der Waals surface area contributed by atoms with E-state index in [0.29, 0.717) is 0 Å². The van der Waals surface area contributed by atoms with Crippen LogP contribution in [-0.4, -0.2) is 42.2 Å². The second-order valence-electron chi connectivity index (χ2n) is 1.96. The minimum absolute atomic E-state index is 0. The molecule has 0 aromatic carbocycles. The van der Waals surface area contributed by atoms with Gasteiger partial charge in [-0.05, 0) is 0 Å². The standard InChI is InChI=1S/C4H10O5S.Na/c5-1-4(2-6)3-10(7,8)9;/h4-6H,1-3H2,(H,7,8,9);/q;+1/p-1. The van der Waals surface area contributed by atoms with Gasteiger partial charge in [0.15, 0.2) is 0 Å². The zero-order chi connectivity index (χ0) is 8.20. The van der Waals surface area contributed by atoms with Gasteiger partial charge in [-0.3, -0.25) is 0 Å². The normalized spacial score (nSPS) is 11.3. The van der Waals surface area contributed by atoms with Crippen molar-refractivity contribution in [3.63, 3.8) is 0 Å². The Labute approximate surface area is 87.5 Å². The Morgan fingerprint density at radius 3 is 1.73 bits per heavy atom. The van der Waals surface area contributed by atoms with Gasteiger partial charge in [0.25, 0.3) is 0 Å². The van der Waals surface area contributed by atoms with Crippen molar-refractivity contribution in [2.24, 2.45) is 5.92 Å². The van der Waals surface area contributed by atoms with E-state index >= 15 is 0 Å². The maximum Gasteiger partial charge on any atom is 1.00 e. The molecule has 7 heteroatoms. The molecule has 0 aromatic heterocycles. The molecule has 0 rings (SSSR count). The number of rotatable bonds is 4. The SMILES string of the molecule is O=S(=O)([O-])CC(CO)CO.[Na+]. The van der Waals surface area contributed by atoms with Crippen molar-refractivity contribution in [1.29, 1.82) is 0 Å². The van der Waals surface area contributed by atoms with E-state index in [2.05, 4.69) is 0 Å². The van der Waals surface area contributed by atoms with Gasteiger partial charge in [-0.15, -0.1) is 0 Å². The largest absolute Gasteiger partial charge is 1.00 e. The van der Waals surface area contributed by atoms with Crippen LogP contribution in [-0.2, 0) is 10.1 Å². The van der Waals surface area contributed by atoms with Gasteiger partial charge >= 0.3 is 29.6 Å². The van der Waals surface area contributed by atoms with Gasteiger partial charge in [0.2, 0.25) is 0 Å². The summed E-state index contributed by atoms with van der Waals surface area (Å²) >= 11 is 0. The van der Waals surface area contributed by atoms with Gasteiger partial charge in [0.1, 0.15) is 0 Å². The van der Waals surface area contributed by atoms with E-state index in [1.807, 2.05) is 0 Å². The summed E-state index contributed by atoms with van der Waals surface area (Å²) in [6, 6.07) is 0. The van der Waals surface area contributed by atoms with E-state index in [1.165, 1.54) is 0 Å². The maximum absolute atomic E-state index is 9.98. The molecule has 0 bridgehead atoms. The molecule has 2 N–H and O–H groups in total. The van der Waals surface area contributed by atoms with E-state index in [-0.39, 0.29) is 29.6 Å². The minimum Gasteiger partial charge on any atom is -0.748 e. The van der Waals surface area contributed by atoms with Crippen molar-refractivity contribution in [2.45, 2.75) is 0 Å². The summed E-state index contributed by atoms with van der Waals surface area (Å²) in [5, 5.41) is 16.7. The number of hydrogen-bond acceptors (Lipinski definition) is 5. The van der Waals surface area contributed by atoms with E-state index in [9.17, 15) is 13.0 Å². The third kappa shape index (κ3) is 8.74. The van der Waals surface area contributed by atoms with Crippen LogP contribution in [0.5, 0.6) is 0 Å². The van der Waals surface area contributed by atoms with Gasteiger partial charge in [-0.2, -0.15) is 0 Å². The maximum atomic E-state index is 9.98. The summed E-state index contributed by atoms with van der Waals surface area (Å²) in [5.41, 5.74) is 0. The van der Waals surface area contributed by atoms with Crippen LogP contribution in [0, 0.1) is 5.92 Å². The fraction of sp³-hybridized carbons (Fsp3) is 1.00. The predicted octanol–water partition coefficient (Wildman–Crippen LogP) is -4.86. The Hall–Kier alpha value is 0.830. The molecule has 0 fully saturated rings. The minimum atomic E-state index is -4.32. The van der Waals surface area contributed by atoms with Crippen LogP contribution >= 0.6 is 0 Å². The van der Waals surface area contributed by atoms with Crippen LogP contribution in [0.3, 0.4) is 0 Å². The zero-order valence-electron chi connectivity index (χ0n) is 6.23. The molecule has 62 valence electrons. The summed E-state index contributed by atoms with van der Waals surface area (Å²) in [7, 11) is -4.32. The molecule has 0 atom stereocenters. The number of hydrogen-bond donors (Lipinski definition) is 2. The predicted molar refractivity (Wildman–Crippen MR) is 32.2 cm³/mol. The first-order valence-electron chi connectivity index (χ1n) is 2.65. The Balaban J connectivity index is 0. The molecule has 0 aliphatic heterocycles. The monoisotopic (exact) mass is 192 g/mol. The molecule has 0 saturated carbocycles. The molecule has 0 aliphatic rings. The molecule has 11 heavy (non-hydrogen) atoms. The molecular formula is C4H9NaO5S. The van der Waals surface area contributed by atoms with Crippen LogP contribution in [0.2, 0.25) is 0 Å². The first-order chi connectivity index (χ1) is 4.49. The fourth-order valence-electron chi connectivity index (χ4n) is 0.452. The van der Waals surface area contributed by atoms with E-state index in [4.69, 9.17) is 10.2 Å². The van der Waals surface area contributed by atoms with Gasteiger partial charge in [-0.1, -0.05) is 0 Å². The summed E-state index contributed by atoms with van der Waals surface area (Å²) in [6.07, 6.45) is 0. The topological polar surface area (TPSA) is 97.7 Å². The van der Waals surface area contributed by atoms with Gasteiger partial charge < -0.3 is 14.8 Å². The average molecular weight is 192 g/mol. The molecule has 0 radical (unpaired) electrons.